The van der Waals surface area contributed by atoms with Crippen LogP contribution in [0.4, 0.5) is 0 Å². The van der Waals surface area contributed by atoms with Crippen LogP contribution in [0.3, 0.4) is 0 Å². The van der Waals surface area contributed by atoms with Gasteiger partial charge in [0.2, 0.25) is 0 Å². The smallest absolute Gasteiger partial charge is 0.323 e. The molecule has 0 radical (unpaired) electrons. The van der Waals surface area contributed by atoms with E-state index in [4.69, 9.17) is 4.74 Å². The third-order valence-electron chi connectivity index (χ3n) is 2.84. The number of carbonyl (C=O) groups excluding carboxylic acids is 1. The number of nitrogens with one attached hydrogen (secondary N) is 1. The molecule has 1 rings (SSSR count). The van der Waals surface area contributed by atoms with E-state index in [1.807, 2.05) is 13.8 Å². The van der Waals surface area contributed by atoms with Crippen molar-refractivity contribution >= 4 is 5.97 Å². The van der Waals surface area contributed by atoms with Gasteiger partial charge in [-0.3, -0.25) is 4.79 Å². The van der Waals surface area contributed by atoms with Gasteiger partial charge in [-0.05, 0) is 38.6 Å². The molecule has 0 aromatic rings. The van der Waals surface area contributed by atoms with Gasteiger partial charge in [0.25, 0.3) is 0 Å². The standard InChI is InChI=1S/C11H21NO2/c1-4-9(3)14-11(13)10-7-8(2)5-6-12-10/h8-10,12H,4-7H2,1-3H3. The number of hydrogen-bond donors (Lipinski definition) is 1. The van der Waals surface area contributed by atoms with Crippen LogP contribution in [-0.2, 0) is 9.53 Å². The zero-order valence-electron chi connectivity index (χ0n) is 9.38. The van der Waals surface area contributed by atoms with Crippen LogP contribution < -0.4 is 5.32 Å². The Morgan fingerprint density at radius 1 is 1.64 bits per heavy atom. The van der Waals surface area contributed by atoms with Crippen LogP contribution in [0, 0.1) is 5.92 Å². The molecule has 3 atom stereocenters. The molecule has 14 heavy (non-hydrogen) atoms. The highest BCUT2D eigenvalue weighted by molar-refractivity contribution is 5.76. The van der Waals surface area contributed by atoms with Gasteiger partial charge in [0, 0.05) is 0 Å². The summed E-state index contributed by atoms with van der Waals surface area (Å²) in [5.41, 5.74) is 0. The van der Waals surface area contributed by atoms with Gasteiger partial charge in [-0.2, -0.15) is 0 Å². The number of carbonyl (C=O) groups is 1. The highest BCUT2D eigenvalue weighted by Crippen LogP contribution is 2.16. The third kappa shape index (κ3) is 3.29. The van der Waals surface area contributed by atoms with Crippen LogP contribution in [0.1, 0.15) is 40.0 Å². The fourth-order valence-electron chi connectivity index (χ4n) is 1.65. The van der Waals surface area contributed by atoms with E-state index in [0.29, 0.717) is 5.92 Å². The maximum absolute atomic E-state index is 11.6. The molecule has 3 unspecified atom stereocenters. The highest BCUT2D eigenvalue weighted by atomic mass is 16.5. The van der Waals surface area contributed by atoms with Crippen LogP contribution in [0.25, 0.3) is 0 Å². The van der Waals surface area contributed by atoms with Crippen LogP contribution in [0.15, 0.2) is 0 Å². The second-order valence-electron chi connectivity index (χ2n) is 4.29. The summed E-state index contributed by atoms with van der Waals surface area (Å²) in [6, 6.07) is -0.0762. The zero-order chi connectivity index (χ0) is 10.6. The summed E-state index contributed by atoms with van der Waals surface area (Å²) in [6.45, 7) is 7.07. The lowest BCUT2D eigenvalue weighted by Crippen LogP contribution is -2.44. The maximum Gasteiger partial charge on any atom is 0.323 e. The zero-order valence-corrected chi connectivity index (χ0v) is 9.38. The molecule has 0 spiro atoms. The van der Waals surface area contributed by atoms with Crippen molar-refractivity contribution in [2.24, 2.45) is 5.92 Å². The molecule has 3 nitrogen and oxygen atoms in total. The molecule has 1 aliphatic rings. The Morgan fingerprint density at radius 3 is 2.93 bits per heavy atom. The van der Waals surface area contributed by atoms with Crippen LogP contribution in [0.5, 0.6) is 0 Å². The van der Waals surface area contributed by atoms with E-state index in [0.717, 1.165) is 25.8 Å². The predicted molar refractivity (Wildman–Crippen MR) is 56.0 cm³/mol. The Hall–Kier alpha value is -0.570. The largest absolute Gasteiger partial charge is 0.462 e. The van der Waals surface area contributed by atoms with Crippen molar-refractivity contribution in [1.29, 1.82) is 0 Å². The molecule has 0 aromatic heterocycles. The molecule has 1 fully saturated rings. The molecular formula is C11H21NO2. The lowest BCUT2D eigenvalue weighted by atomic mass is 9.94. The summed E-state index contributed by atoms with van der Waals surface area (Å²) in [5.74, 6) is 0.552. The first-order chi connectivity index (χ1) is 6.63. The molecule has 3 heteroatoms. The van der Waals surface area contributed by atoms with Gasteiger partial charge < -0.3 is 10.1 Å². The van der Waals surface area contributed by atoms with E-state index in [1.165, 1.54) is 0 Å². The van der Waals surface area contributed by atoms with Gasteiger partial charge in [0.15, 0.2) is 0 Å². The first-order valence-electron chi connectivity index (χ1n) is 5.57. The van der Waals surface area contributed by atoms with E-state index in [-0.39, 0.29) is 18.1 Å². The monoisotopic (exact) mass is 199 g/mol. The molecule has 82 valence electrons. The van der Waals surface area contributed by atoms with Gasteiger partial charge >= 0.3 is 5.97 Å². The van der Waals surface area contributed by atoms with E-state index in [9.17, 15) is 4.79 Å². The molecular weight excluding hydrogens is 178 g/mol. The number of piperidine rings is 1. The van der Waals surface area contributed by atoms with Gasteiger partial charge in [-0.25, -0.2) is 0 Å². The van der Waals surface area contributed by atoms with E-state index < -0.39 is 0 Å². The molecule has 0 aliphatic carbocycles. The summed E-state index contributed by atoms with van der Waals surface area (Å²) in [5, 5.41) is 3.20. The first kappa shape index (κ1) is 11.5. The van der Waals surface area contributed by atoms with Crippen molar-refractivity contribution in [3.05, 3.63) is 0 Å². The van der Waals surface area contributed by atoms with Crippen molar-refractivity contribution in [2.75, 3.05) is 6.54 Å². The lowest BCUT2D eigenvalue weighted by Gasteiger charge is -2.27. The summed E-state index contributed by atoms with van der Waals surface area (Å²) in [6.07, 6.45) is 3.00. The first-order valence-corrected chi connectivity index (χ1v) is 5.57. The minimum atomic E-state index is -0.0779. The van der Waals surface area contributed by atoms with Gasteiger partial charge in [-0.1, -0.05) is 13.8 Å². The SMILES string of the molecule is CCC(C)OC(=O)C1CC(C)CCN1. The molecule has 0 saturated carbocycles. The topological polar surface area (TPSA) is 38.3 Å². The number of hydrogen-bond acceptors (Lipinski definition) is 3. The molecule has 1 aliphatic heterocycles. The third-order valence-corrected chi connectivity index (χ3v) is 2.84. The van der Waals surface area contributed by atoms with Crippen LogP contribution in [0.2, 0.25) is 0 Å². The Kier molecular flexibility index (Phi) is 4.39. The Balaban J connectivity index is 2.36. The predicted octanol–water partition coefficient (Wildman–Crippen LogP) is 1.72. The molecule has 0 bridgehead atoms. The van der Waals surface area contributed by atoms with E-state index in [2.05, 4.69) is 12.2 Å². The number of ether oxygens (including phenoxy) is 1. The quantitative estimate of drug-likeness (QED) is 0.703. The van der Waals surface area contributed by atoms with Crippen molar-refractivity contribution in [1.82, 2.24) is 5.32 Å². The van der Waals surface area contributed by atoms with Gasteiger partial charge in [0.05, 0.1) is 6.10 Å². The molecule has 1 saturated heterocycles. The molecule has 0 aromatic carbocycles. The summed E-state index contributed by atoms with van der Waals surface area (Å²) >= 11 is 0. The second kappa shape index (κ2) is 5.35. The summed E-state index contributed by atoms with van der Waals surface area (Å²) in [4.78, 5) is 11.6. The van der Waals surface area contributed by atoms with Gasteiger partial charge in [-0.15, -0.1) is 0 Å². The van der Waals surface area contributed by atoms with Crippen LogP contribution in [-0.4, -0.2) is 24.7 Å². The number of esters is 1. The van der Waals surface area contributed by atoms with Crippen molar-refractivity contribution in [3.63, 3.8) is 0 Å². The average molecular weight is 199 g/mol. The highest BCUT2D eigenvalue weighted by Gasteiger charge is 2.26. The average Bonchev–Trinajstić information content (AvgIpc) is 2.17. The Bertz CT molecular complexity index is 194. The Morgan fingerprint density at radius 2 is 2.36 bits per heavy atom. The van der Waals surface area contributed by atoms with Crippen molar-refractivity contribution < 1.29 is 9.53 Å². The molecule has 1 N–H and O–H groups in total. The fourth-order valence-corrected chi connectivity index (χ4v) is 1.65. The minimum Gasteiger partial charge on any atom is -0.462 e. The maximum atomic E-state index is 11.6. The minimum absolute atomic E-state index is 0.0431. The second-order valence-corrected chi connectivity index (χ2v) is 4.29. The van der Waals surface area contributed by atoms with E-state index in [1.54, 1.807) is 0 Å². The fraction of sp³-hybridized carbons (Fsp3) is 0.909. The van der Waals surface area contributed by atoms with Crippen molar-refractivity contribution in [3.8, 4) is 0 Å². The summed E-state index contributed by atoms with van der Waals surface area (Å²) < 4.78 is 5.29. The Labute approximate surface area is 86.2 Å². The van der Waals surface area contributed by atoms with Crippen LogP contribution >= 0.6 is 0 Å². The normalized spacial score (nSPS) is 29.6. The molecule has 1 heterocycles. The van der Waals surface area contributed by atoms with E-state index >= 15 is 0 Å². The summed E-state index contributed by atoms with van der Waals surface area (Å²) in [7, 11) is 0. The van der Waals surface area contributed by atoms with Crippen molar-refractivity contribution in [2.45, 2.75) is 52.2 Å². The van der Waals surface area contributed by atoms with Gasteiger partial charge in [0.1, 0.15) is 6.04 Å². The number of rotatable bonds is 3. The lowest BCUT2D eigenvalue weighted by molar-refractivity contribution is -0.151. The molecule has 0 amide bonds.